The van der Waals surface area contributed by atoms with E-state index in [9.17, 15) is 9.59 Å². The molecule has 0 unspecified atom stereocenters. The van der Waals surface area contributed by atoms with Crippen LogP contribution in [0.3, 0.4) is 0 Å². The van der Waals surface area contributed by atoms with E-state index in [1.165, 1.54) is 16.7 Å². The lowest BCUT2D eigenvalue weighted by molar-refractivity contribution is -0.109. The van der Waals surface area contributed by atoms with E-state index in [-0.39, 0.29) is 11.2 Å². The molecule has 0 fully saturated rings. The standard InChI is InChI=1S/C11H21NO3S/c1-9(13)16-8-6-7-12(5)10(14)15-11(2,3)4/h6-8H2,1-5H3. The molecule has 0 N–H and O–H groups in total. The first-order valence-electron chi connectivity index (χ1n) is 5.30. The number of carbonyl (C=O) groups is 2. The number of hydrogen-bond acceptors (Lipinski definition) is 4. The summed E-state index contributed by atoms with van der Waals surface area (Å²) in [6, 6.07) is 0. The van der Waals surface area contributed by atoms with E-state index in [1.54, 1.807) is 14.0 Å². The van der Waals surface area contributed by atoms with Crippen LogP contribution in [0.5, 0.6) is 0 Å². The number of hydrogen-bond donors (Lipinski definition) is 0. The van der Waals surface area contributed by atoms with Gasteiger partial charge < -0.3 is 9.64 Å². The average molecular weight is 247 g/mol. The molecular weight excluding hydrogens is 226 g/mol. The summed E-state index contributed by atoms with van der Waals surface area (Å²) >= 11 is 1.28. The zero-order chi connectivity index (χ0) is 12.8. The lowest BCUT2D eigenvalue weighted by atomic mass is 10.2. The van der Waals surface area contributed by atoms with E-state index in [1.807, 2.05) is 20.8 Å². The van der Waals surface area contributed by atoms with Crippen molar-refractivity contribution in [3.63, 3.8) is 0 Å². The van der Waals surface area contributed by atoms with Gasteiger partial charge in [0, 0.05) is 26.3 Å². The molecule has 0 atom stereocenters. The zero-order valence-electron chi connectivity index (χ0n) is 10.7. The SMILES string of the molecule is CC(=O)SCCCN(C)C(=O)OC(C)(C)C. The molecule has 0 spiro atoms. The normalized spacial score (nSPS) is 11.1. The highest BCUT2D eigenvalue weighted by Gasteiger charge is 2.18. The first-order chi connectivity index (χ1) is 7.22. The second-order valence-corrected chi connectivity index (χ2v) is 5.87. The van der Waals surface area contributed by atoms with E-state index in [2.05, 4.69) is 0 Å². The molecular formula is C11H21NO3S. The van der Waals surface area contributed by atoms with Gasteiger partial charge >= 0.3 is 6.09 Å². The largest absolute Gasteiger partial charge is 0.444 e. The van der Waals surface area contributed by atoms with Gasteiger partial charge in [0.05, 0.1) is 0 Å². The topological polar surface area (TPSA) is 46.6 Å². The van der Waals surface area contributed by atoms with Crippen LogP contribution in [0.15, 0.2) is 0 Å². The molecule has 94 valence electrons. The Morgan fingerprint density at radius 1 is 1.31 bits per heavy atom. The number of ether oxygens (including phenoxy) is 1. The van der Waals surface area contributed by atoms with Crippen molar-refractivity contribution in [2.24, 2.45) is 0 Å². The van der Waals surface area contributed by atoms with Crippen LogP contribution in [0, 0.1) is 0 Å². The number of thioether (sulfide) groups is 1. The summed E-state index contributed by atoms with van der Waals surface area (Å²) < 4.78 is 5.19. The van der Waals surface area contributed by atoms with Gasteiger partial charge in [0.25, 0.3) is 0 Å². The lowest BCUT2D eigenvalue weighted by Crippen LogP contribution is -2.34. The highest BCUT2D eigenvalue weighted by Crippen LogP contribution is 2.10. The third-order valence-corrected chi connectivity index (χ3v) is 2.55. The number of amides is 1. The van der Waals surface area contributed by atoms with Gasteiger partial charge in [-0.2, -0.15) is 0 Å². The summed E-state index contributed by atoms with van der Waals surface area (Å²) in [6.45, 7) is 7.66. The minimum atomic E-state index is -0.459. The van der Waals surface area contributed by atoms with Crippen LogP contribution in [-0.2, 0) is 9.53 Å². The van der Waals surface area contributed by atoms with Crippen molar-refractivity contribution in [2.45, 2.75) is 39.7 Å². The first kappa shape index (κ1) is 15.3. The summed E-state index contributed by atoms with van der Waals surface area (Å²) in [4.78, 5) is 23.7. The first-order valence-corrected chi connectivity index (χ1v) is 6.28. The molecule has 0 aliphatic carbocycles. The monoisotopic (exact) mass is 247 g/mol. The van der Waals surface area contributed by atoms with Crippen molar-refractivity contribution in [1.29, 1.82) is 0 Å². The molecule has 1 amide bonds. The Morgan fingerprint density at radius 3 is 2.31 bits per heavy atom. The summed E-state index contributed by atoms with van der Waals surface area (Å²) in [5, 5.41) is 0.111. The fourth-order valence-electron chi connectivity index (χ4n) is 0.949. The summed E-state index contributed by atoms with van der Waals surface area (Å²) in [6.07, 6.45) is 0.473. The molecule has 0 aromatic rings. The molecule has 0 heterocycles. The van der Waals surface area contributed by atoms with Crippen molar-refractivity contribution < 1.29 is 14.3 Å². The van der Waals surface area contributed by atoms with Gasteiger partial charge in [-0.05, 0) is 27.2 Å². The maximum Gasteiger partial charge on any atom is 0.410 e. The van der Waals surface area contributed by atoms with Crippen LogP contribution in [-0.4, -0.2) is 41.1 Å². The van der Waals surface area contributed by atoms with Gasteiger partial charge in [0.1, 0.15) is 5.60 Å². The van der Waals surface area contributed by atoms with Crippen molar-refractivity contribution in [2.75, 3.05) is 19.3 Å². The lowest BCUT2D eigenvalue weighted by Gasteiger charge is -2.24. The minimum absolute atomic E-state index is 0.111. The van der Waals surface area contributed by atoms with Crippen molar-refractivity contribution in [3.05, 3.63) is 0 Å². The third-order valence-electron chi connectivity index (χ3n) is 1.65. The Kier molecular flexibility index (Phi) is 6.48. The second kappa shape index (κ2) is 6.78. The number of rotatable bonds is 4. The molecule has 0 saturated carbocycles. The molecule has 16 heavy (non-hydrogen) atoms. The Morgan fingerprint density at radius 2 is 1.88 bits per heavy atom. The fourth-order valence-corrected chi connectivity index (χ4v) is 1.51. The third kappa shape index (κ3) is 8.59. The highest BCUT2D eigenvalue weighted by atomic mass is 32.2. The van der Waals surface area contributed by atoms with Crippen LogP contribution in [0.4, 0.5) is 4.79 Å². The Labute approximate surface area is 102 Å². The maximum atomic E-state index is 11.5. The van der Waals surface area contributed by atoms with E-state index in [0.717, 1.165) is 12.2 Å². The van der Waals surface area contributed by atoms with Crippen LogP contribution >= 0.6 is 11.8 Å². The highest BCUT2D eigenvalue weighted by molar-refractivity contribution is 8.13. The van der Waals surface area contributed by atoms with Gasteiger partial charge in [-0.25, -0.2) is 4.79 Å². The van der Waals surface area contributed by atoms with Crippen molar-refractivity contribution in [1.82, 2.24) is 4.90 Å². The van der Waals surface area contributed by atoms with E-state index in [4.69, 9.17) is 4.74 Å². The van der Waals surface area contributed by atoms with Crippen LogP contribution in [0.25, 0.3) is 0 Å². The molecule has 0 aromatic heterocycles. The van der Waals surface area contributed by atoms with Crippen LogP contribution in [0.1, 0.15) is 34.1 Å². The number of nitrogens with zero attached hydrogens (tertiary/aromatic N) is 1. The Hall–Kier alpha value is -0.710. The van der Waals surface area contributed by atoms with Gasteiger partial charge in [-0.3, -0.25) is 4.79 Å². The molecule has 0 aliphatic rings. The predicted octanol–water partition coefficient (Wildman–Crippen LogP) is 2.52. The minimum Gasteiger partial charge on any atom is -0.444 e. The smallest absolute Gasteiger partial charge is 0.410 e. The van der Waals surface area contributed by atoms with E-state index < -0.39 is 5.60 Å². The molecule has 0 rings (SSSR count). The number of carbonyl (C=O) groups excluding carboxylic acids is 2. The summed E-state index contributed by atoms with van der Waals surface area (Å²) in [5.41, 5.74) is -0.459. The molecule has 0 aromatic carbocycles. The fraction of sp³-hybridized carbons (Fsp3) is 0.818. The average Bonchev–Trinajstić information content (AvgIpc) is 2.08. The summed E-state index contributed by atoms with van der Waals surface area (Å²) in [7, 11) is 1.70. The molecule has 0 radical (unpaired) electrons. The van der Waals surface area contributed by atoms with Gasteiger partial charge in [-0.1, -0.05) is 11.8 Å². The van der Waals surface area contributed by atoms with E-state index >= 15 is 0 Å². The predicted molar refractivity (Wildman–Crippen MR) is 66.6 cm³/mol. The quantitative estimate of drug-likeness (QED) is 0.716. The van der Waals surface area contributed by atoms with Crippen LogP contribution < -0.4 is 0 Å². The molecule has 4 nitrogen and oxygen atoms in total. The van der Waals surface area contributed by atoms with Gasteiger partial charge in [-0.15, -0.1) is 0 Å². The maximum absolute atomic E-state index is 11.5. The van der Waals surface area contributed by atoms with Gasteiger partial charge in [0.15, 0.2) is 5.12 Å². The second-order valence-electron chi connectivity index (χ2n) is 4.60. The molecule has 5 heteroatoms. The molecule has 0 bridgehead atoms. The van der Waals surface area contributed by atoms with E-state index in [0.29, 0.717) is 6.54 Å². The van der Waals surface area contributed by atoms with Gasteiger partial charge in [0.2, 0.25) is 0 Å². The zero-order valence-corrected chi connectivity index (χ0v) is 11.5. The van der Waals surface area contributed by atoms with Crippen molar-refractivity contribution >= 4 is 23.0 Å². The molecule has 0 saturated heterocycles. The molecule has 0 aliphatic heterocycles. The Bertz CT molecular complexity index is 248. The van der Waals surface area contributed by atoms with Crippen molar-refractivity contribution in [3.8, 4) is 0 Å². The Balaban J connectivity index is 3.76. The summed E-state index contributed by atoms with van der Waals surface area (Å²) in [5.74, 6) is 0.739. The van der Waals surface area contributed by atoms with Crippen LogP contribution in [0.2, 0.25) is 0 Å².